The molecule has 4 heteroatoms. The number of hydrogen-bond acceptors (Lipinski definition) is 4. The second-order valence-corrected chi connectivity index (χ2v) is 3.93. The van der Waals surface area contributed by atoms with E-state index >= 15 is 0 Å². The van der Waals surface area contributed by atoms with Gasteiger partial charge in [-0.3, -0.25) is 9.59 Å². The summed E-state index contributed by atoms with van der Waals surface area (Å²) in [6.07, 6.45) is 0. The quantitative estimate of drug-likeness (QED) is 0.505. The van der Waals surface area contributed by atoms with Crippen LogP contribution in [0.1, 0.15) is 27.7 Å². The van der Waals surface area contributed by atoms with Gasteiger partial charge < -0.3 is 4.74 Å². The highest BCUT2D eigenvalue weighted by Crippen LogP contribution is 2.20. The molecule has 1 atom stereocenters. The Bertz CT molecular complexity index is 270. The fourth-order valence-electron chi connectivity index (χ4n) is 0.877. The lowest BCUT2D eigenvalue weighted by Gasteiger charge is -2.18. The maximum atomic E-state index is 11.6. The van der Waals surface area contributed by atoms with Crippen LogP contribution in [0.5, 0.6) is 0 Å². The van der Waals surface area contributed by atoms with Crippen molar-refractivity contribution in [2.45, 2.75) is 27.7 Å². The van der Waals surface area contributed by atoms with Gasteiger partial charge in [0.25, 0.3) is 0 Å². The third kappa shape index (κ3) is 3.17. The predicted molar refractivity (Wildman–Crippen MR) is 50.2 cm³/mol. The minimum atomic E-state index is -1.30. The van der Waals surface area contributed by atoms with Crippen LogP contribution in [0.15, 0.2) is 0 Å². The number of hydrogen-bond donors (Lipinski definition) is 0. The molecule has 0 amide bonds. The monoisotopic (exact) mass is 197 g/mol. The Morgan fingerprint density at radius 2 is 1.93 bits per heavy atom. The summed E-state index contributed by atoms with van der Waals surface area (Å²) in [6.45, 7) is 6.80. The van der Waals surface area contributed by atoms with E-state index in [9.17, 15) is 9.59 Å². The van der Waals surface area contributed by atoms with E-state index < -0.39 is 23.1 Å². The summed E-state index contributed by atoms with van der Waals surface area (Å²) in [6, 6.07) is 1.67. The molecule has 0 aliphatic carbocycles. The minimum absolute atomic E-state index is 0.175. The Hall–Kier alpha value is -1.37. The van der Waals surface area contributed by atoms with Crippen LogP contribution in [0.4, 0.5) is 0 Å². The molecule has 0 unspecified atom stereocenters. The molecule has 0 saturated heterocycles. The van der Waals surface area contributed by atoms with E-state index in [1.165, 1.54) is 0 Å². The fourth-order valence-corrected chi connectivity index (χ4v) is 0.877. The Morgan fingerprint density at radius 1 is 1.43 bits per heavy atom. The molecule has 0 aliphatic heterocycles. The minimum Gasteiger partial charge on any atom is -0.465 e. The lowest BCUT2D eigenvalue weighted by atomic mass is 9.83. The summed E-state index contributed by atoms with van der Waals surface area (Å²) in [4.78, 5) is 22.8. The molecule has 0 bridgehead atoms. The van der Waals surface area contributed by atoms with Gasteiger partial charge in [-0.2, -0.15) is 5.26 Å². The average Bonchev–Trinajstić information content (AvgIpc) is 2.04. The molecule has 0 aromatic carbocycles. The zero-order chi connectivity index (χ0) is 11.4. The van der Waals surface area contributed by atoms with Gasteiger partial charge in [0.1, 0.15) is 0 Å². The van der Waals surface area contributed by atoms with Gasteiger partial charge in [0.2, 0.25) is 5.92 Å². The summed E-state index contributed by atoms with van der Waals surface area (Å²) in [7, 11) is 0. The van der Waals surface area contributed by atoms with E-state index in [4.69, 9.17) is 5.26 Å². The molecule has 0 fully saturated rings. The third-order valence-corrected chi connectivity index (χ3v) is 1.65. The van der Waals surface area contributed by atoms with Crippen molar-refractivity contribution >= 4 is 11.8 Å². The first-order valence-corrected chi connectivity index (χ1v) is 4.45. The molecule has 4 nitrogen and oxygen atoms in total. The molecular formula is C10H15NO3. The van der Waals surface area contributed by atoms with Crippen LogP contribution in [-0.4, -0.2) is 18.4 Å². The van der Waals surface area contributed by atoms with Crippen LogP contribution in [0.2, 0.25) is 0 Å². The van der Waals surface area contributed by atoms with Gasteiger partial charge in [-0.15, -0.1) is 0 Å². The number of nitriles is 1. The number of ether oxygens (including phenoxy) is 1. The van der Waals surface area contributed by atoms with Crippen molar-refractivity contribution in [1.82, 2.24) is 0 Å². The summed E-state index contributed by atoms with van der Waals surface area (Å²) < 4.78 is 4.63. The summed E-state index contributed by atoms with van der Waals surface area (Å²) >= 11 is 0. The van der Waals surface area contributed by atoms with Crippen LogP contribution >= 0.6 is 0 Å². The van der Waals surface area contributed by atoms with Gasteiger partial charge in [-0.25, -0.2) is 0 Å². The topological polar surface area (TPSA) is 67.2 Å². The van der Waals surface area contributed by atoms with E-state index in [1.54, 1.807) is 33.8 Å². The maximum absolute atomic E-state index is 11.6. The van der Waals surface area contributed by atoms with E-state index in [0.29, 0.717) is 0 Å². The predicted octanol–water partition coefficient (Wildman–Crippen LogP) is 1.30. The Balaban J connectivity index is 4.68. The molecule has 0 aromatic heterocycles. The summed E-state index contributed by atoms with van der Waals surface area (Å²) in [5.41, 5.74) is -0.701. The fraction of sp³-hybridized carbons (Fsp3) is 0.700. The molecule has 0 rings (SSSR count). The van der Waals surface area contributed by atoms with Crippen molar-refractivity contribution in [3.05, 3.63) is 0 Å². The normalized spacial score (nSPS) is 12.8. The molecule has 0 saturated carbocycles. The molecule has 0 spiro atoms. The zero-order valence-electron chi connectivity index (χ0n) is 8.96. The first kappa shape index (κ1) is 12.6. The molecule has 78 valence electrons. The van der Waals surface area contributed by atoms with Crippen molar-refractivity contribution in [2.24, 2.45) is 11.3 Å². The van der Waals surface area contributed by atoms with E-state index in [1.807, 2.05) is 0 Å². The Morgan fingerprint density at radius 3 is 2.21 bits per heavy atom. The van der Waals surface area contributed by atoms with Gasteiger partial charge in [0.05, 0.1) is 12.7 Å². The molecule has 0 heterocycles. The second kappa shape index (κ2) is 4.75. The van der Waals surface area contributed by atoms with Crippen molar-refractivity contribution < 1.29 is 14.3 Å². The molecule has 0 N–H and O–H groups in total. The maximum Gasteiger partial charge on any atom is 0.331 e. The largest absolute Gasteiger partial charge is 0.465 e. The van der Waals surface area contributed by atoms with E-state index in [0.717, 1.165) is 0 Å². The number of rotatable bonds is 3. The zero-order valence-corrected chi connectivity index (χ0v) is 8.96. The highest BCUT2D eigenvalue weighted by Gasteiger charge is 2.35. The van der Waals surface area contributed by atoms with Gasteiger partial charge in [-0.1, -0.05) is 20.8 Å². The third-order valence-electron chi connectivity index (χ3n) is 1.65. The number of Topliss-reactive ketones (excluding diaryl/α,β-unsaturated/α-hetero) is 1. The van der Waals surface area contributed by atoms with Crippen molar-refractivity contribution in [2.75, 3.05) is 6.61 Å². The van der Waals surface area contributed by atoms with E-state index in [-0.39, 0.29) is 6.61 Å². The summed E-state index contributed by atoms with van der Waals surface area (Å²) in [5.74, 6) is -2.46. The van der Waals surface area contributed by atoms with Crippen LogP contribution < -0.4 is 0 Å². The first-order valence-electron chi connectivity index (χ1n) is 4.45. The van der Waals surface area contributed by atoms with Crippen LogP contribution in [-0.2, 0) is 14.3 Å². The van der Waals surface area contributed by atoms with E-state index in [2.05, 4.69) is 4.74 Å². The highest BCUT2D eigenvalue weighted by molar-refractivity contribution is 6.03. The van der Waals surface area contributed by atoms with Crippen molar-refractivity contribution in [1.29, 1.82) is 5.26 Å². The average molecular weight is 197 g/mol. The molecular weight excluding hydrogens is 182 g/mol. The lowest BCUT2D eigenvalue weighted by molar-refractivity contribution is -0.151. The Labute approximate surface area is 83.9 Å². The first-order chi connectivity index (χ1) is 6.34. The molecule has 14 heavy (non-hydrogen) atoms. The lowest BCUT2D eigenvalue weighted by Crippen LogP contribution is -2.33. The van der Waals surface area contributed by atoms with Crippen LogP contribution in [0, 0.1) is 22.7 Å². The Kier molecular flexibility index (Phi) is 4.29. The van der Waals surface area contributed by atoms with Crippen molar-refractivity contribution in [3.63, 3.8) is 0 Å². The van der Waals surface area contributed by atoms with Gasteiger partial charge in [0, 0.05) is 5.41 Å². The van der Waals surface area contributed by atoms with Gasteiger partial charge >= 0.3 is 5.97 Å². The molecule has 0 radical (unpaired) electrons. The molecule has 0 aromatic rings. The molecule has 0 aliphatic rings. The highest BCUT2D eigenvalue weighted by atomic mass is 16.5. The number of ketones is 1. The number of carbonyl (C=O) groups excluding carboxylic acids is 2. The van der Waals surface area contributed by atoms with Crippen molar-refractivity contribution in [3.8, 4) is 6.07 Å². The smallest absolute Gasteiger partial charge is 0.331 e. The van der Waals surface area contributed by atoms with Crippen LogP contribution in [0.3, 0.4) is 0 Å². The van der Waals surface area contributed by atoms with Gasteiger partial charge in [0.15, 0.2) is 5.78 Å². The van der Waals surface area contributed by atoms with Gasteiger partial charge in [-0.05, 0) is 6.92 Å². The SMILES string of the molecule is CCOC(=O)[C@H](C#N)C(=O)C(C)(C)C. The summed E-state index contributed by atoms with van der Waals surface area (Å²) in [5, 5.41) is 8.69. The second-order valence-electron chi connectivity index (χ2n) is 3.93. The number of carbonyl (C=O) groups is 2. The van der Waals surface area contributed by atoms with Crippen LogP contribution in [0.25, 0.3) is 0 Å². The number of esters is 1. The standard InChI is InChI=1S/C10H15NO3/c1-5-14-9(13)7(6-11)8(12)10(2,3)4/h7H,5H2,1-4H3/t7-/m1/s1. The number of nitrogens with zero attached hydrogens (tertiary/aromatic N) is 1.